The van der Waals surface area contributed by atoms with Crippen molar-refractivity contribution in [2.45, 2.75) is 32.4 Å². The van der Waals surface area contributed by atoms with Gasteiger partial charge in [-0.1, -0.05) is 17.7 Å². The zero-order valence-electron chi connectivity index (χ0n) is 9.63. The first-order valence-corrected chi connectivity index (χ1v) is 5.66. The van der Waals surface area contributed by atoms with Crippen LogP contribution in [-0.4, -0.2) is 22.4 Å². The second kappa shape index (κ2) is 5.53. The van der Waals surface area contributed by atoms with Gasteiger partial charge in [-0.25, -0.2) is 0 Å². The summed E-state index contributed by atoms with van der Waals surface area (Å²) in [5.74, 6) is 0.0973. The Hall–Kier alpha value is -0.770. The van der Waals surface area contributed by atoms with Gasteiger partial charge in [0.25, 0.3) is 0 Å². The molecular formula is C12H18ClNO2. The summed E-state index contributed by atoms with van der Waals surface area (Å²) in [5.41, 5.74) is 0.896. The summed E-state index contributed by atoms with van der Waals surface area (Å²) in [4.78, 5) is 0. The maximum Gasteiger partial charge on any atom is 0.134 e. The van der Waals surface area contributed by atoms with Crippen molar-refractivity contribution in [3.63, 3.8) is 0 Å². The Morgan fingerprint density at radius 1 is 1.38 bits per heavy atom. The minimum absolute atomic E-state index is 0.0973. The van der Waals surface area contributed by atoms with Gasteiger partial charge in [-0.05, 0) is 38.0 Å². The number of benzene rings is 1. The second-order valence-corrected chi connectivity index (χ2v) is 4.90. The lowest BCUT2D eigenvalue weighted by molar-refractivity contribution is 0.230. The Kier molecular flexibility index (Phi) is 4.59. The summed E-state index contributed by atoms with van der Waals surface area (Å²) in [5, 5.41) is 21.8. The van der Waals surface area contributed by atoms with Crippen LogP contribution in [0, 0.1) is 0 Å². The molecule has 0 aliphatic carbocycles. The highest BCUT2D eigenvalue weighted by Crippen LogP contribution is 2.23. The van der Waals surface area contributed by atoms with E-state index in [0.717, 1.165) is 5.56 Å². The van der Waals surface area contributed by atoms with Crippen LogP contribution in [-0.2, 0) is 6.54 Å². The molecule has 0 saturated heterocycles. The van der Waals surface area contributed by atoms with Crippen molar-refractivity contribution in [3.8, 4) is 5.75 Å². The van der Waals surface area contributed by atoms with Gasteiger partial charge in [0.2, 0.25) is 0 Å². The summed E-state index contributed by atoms with van der Waals surface area (Å²) in [6, 6.07) is 5.14. The maximum atomic E-state index is 9.27. The molecule has 0 bridgehead atoms. The number of phenolic OH excluding ortho intramolecular Hbond substituents is 1. The smallest absolute Gasteiger partial charge is 0.134 e. The van der Waals surface area contributed by atoms with E-state index < -0.39 is 0 Å². The van der Waals surface area contributed by atoms with Gasteiger partial charge in [0, 0.05) is 18.7 Å². The van der Waals surface area contributed by atoms with Crippen LogP contribution in [0.25, 0.3) is 0 Å². The lowest BCUT2D eigenvalue weighted by Gasteiger charge is -2.25. The van der Waals surface area contributed by atoms with E-state index in [1.807, 2.05) is 19.9 Å². The monoisotopic (exact) mass is 243 g/mol. The average molecular weight is 244 g/mol. The van der Waals surface area contributed by atoms with E-state index in [4.69, 9.17) is 16.7 Å². The zero-order valence-corrected chi connectivity index (χ0v) is 10.4. The van der Waals surface area contributed by atoms with E-state index in [-0.39, 0.29) is 17.9 Å². The van der Waals surface area contributed by atoms with Gasteiger partial charge in [0.15, 0.2) is 0 Å². The third-order valence-corrected chi connectivity index (χ3v) is 2.82. The number of hydrogen-bond acceptors (Lipinski definition) is 3. The van der Waals surface area contributed by atoms with Crippen molar-refractivity contribution in [1.82, 2.24) is 5.32 Å². The van der Waals surface area contributed by atoms with E-state index in [1.54, 1.807) is 12.1 Å². The molecule has 3 nitrogen and oxygen atoms in total. The number of phenols is 1. The molecule has 4 heteroatoms. The summed E-state index contributed by atoms with van der Waals surface area (Å²) < 4.78 is 0. The number of hydrogen-bond donors (Lipinski definition) is 3. The van der Waals surface area contributed by atoms with Crippen molar-refractivity contribution < 1.29 is 10.2 Å². The largest absolute Gasteiger partial charge is 0.506 e. The molecule has 0 aliphatic rings. The Morgan fingerprint density at radius 2 is 2.06 bits per heavy atom. The Labute approximate surface area is 101 Å². The quantitative estimate of drug-likeness (QED) is 0.744. The molecule has 0 aromatic heterocycles. The van der Waals surface area contributed by atoms with Crippen molar-refractivity contribution in [3.05, 3.63) is 28.8 Å². The van der Waals surface area contributed by atoms with E-state index in [1.165, 1.54) is 0 Å². The fourth-order valence-corrected chi connectivity index (χ4v) is 1.57. The van der Waals surface area contributed by atoms with E-state index >= 15 is 0 Å². The molecule has 90 valence electrons. The Morgan fingerprint density at radius 3 is 2.62 bits per heavy atom. The fourth-order valence-electron chi connectivity index (χ4n) is 1.37. The van der Waals surface area contributed by atoms with Crippen LogP contribution in [0.15, 0.2) is 18.2 Å². The molecule has 1 aromatic rings. The molecule has 16 heavy (non-hydrogen) atoms. The summed E-state index contributed by atoms with van der Waals surface area (Å²) in [6.45, 7) is 4.89. The van der Waals surface area contributed by atoms with Crippen LogP contribution in [0.4, 0.5) is 0 Å². The molecule has 0 aliphatic heterocycles. The summed E-state index contributed by atoms with van der Waals surface area (Å²) in [7, 11) is 0. The van der Waals surface area contributed by atoms with Gasteiger partial charge in [-0.15, -0.1) is 0 Å². The van der Waals surface area contributed by atoms with Crippen molar-refractivity contribution in [1.29, 1.82) is 0 Å². The highest BCUT2D eigenvalue weighted by atomic mass is 35.5. The zero-order chi connectivity index (χ0) is 12.2. The molecule has 0 unspecified atom stereocenters. The number of aromatic hydroxyl groups is 1. The molecule has 0 saturated carbocycles. The summed E-state index contributed by atoms with van der Waals surface area (Å²) in [6.07, 6.45) is 0.693. The molecule has 1 aromatic carbocycles. The SMILES string of the molecule is CC(C)(CCO)NCc1ccc(O)c(Cl)c1. The van der Waals surface area contributed by atoms with Crippen LogP contribution in [0.2, 0.25) is 5.02 Å². The topological polar surface area (TPSA) is 52.5 Å². The van der Waals surface area contributed by atoms with Crippen molar-refractivity contribution in [2.75, 3.05) is 6.61 Å². The van der Waals surface area contributed by atoms with Gasteiger partial charge in [-0.3, -0.25) is 0 Å². The van der Waals surface area contributed by atoms with Crippen molar-refractivity contribution >= 4 is 11.6 Å². The number of nitrogens with one attached hydrogen (secondary N) is 1. The predicted octanol–water partition coefficient (Wildman–Crippen LogP) is 2.30. The predicted molar refractivity (Wildman–Crippen MR) is 65.7 cm³/mol. The molecule has 1 rings (SSSR count). The van der Waals surface area contributed by atoms with E-state index in [2.05, 4.69) is 5.32 Å². The van der Waals surface area contributed by atoms with Crippen molar-refractivity contribution in [2.24, 2.45) is 0 Å². The van der Waals surface area contributed by atoms with Gasteiger partial charge < -0.3 is 15.5 Å². The van der Waals surface area contributed by atoms with E-state index in [9.17, 15) is 5.11 Å². The molecule has 0 atom stereocenters. The molecule has 0 radical (unpaired) electrons. The number of rotatable bonds is 5. The summed E-state index contributed by atoms with van der Waals surface area (Å²) >= 11 is 5.81. The number of aliphatic hydroxyl groups excluding tert-OH is 1. The molecule has 0 amide bonds. The van der Waals surface area contributed by atoms with Gasteiger partial charge in [0.05, 0.1) is 5.02 Å². The van der Waals surface area contributed by atoms with Gasteiger partial charge >= 0.3 is 0 Å². The Balaban J connectivity index is 2.57. The second-order valence-electron chi connectivity index (χ2n) is 4.50. The molecule has 0 spiro atoms. The van der Waals surface area contributed by atoms with E-state index in [0.29, 0.717) is 18.0 Å². The normalized spacial score (nSPS) is 11.8. The highest BCUT2D eigenvalue weighted by Gasteiger charge is 2.15. The fraction of sp³-hybridized carbons (Fsp3) is 0.500. The minimum Gasteiger partial charge on any atom is -0.506 e. The first kappa shape index (κ1) is 13.3. The van der Waals surface area contributed by atoms with Crippen LogP contribution in [0.1, 0.15) is 25.8 Å². The first-order valence-electron chi connectivity index (χ1n) is 5.28. The van der Waals surface area contributed by atoms with Crippen LogP contribution >= 0.6 is 11.6 Å². The molecule has 3 N–H and O–H groups in total. The van der Waals surface area contributed by atoms with Gasteiger partial charge in [0.1, 0.15) is 5.75 Å². The molecule has 0 heterocycles. The average Bonchev–Trinajstić information content (AvgIpc) is 2.20. The van der Waals surface area contributed by atoms with Crippen LogP contribution in [0.5, 0.6) is 5.75 Å². The third-order valence-electron chi connectivity index (χ3n) is 2.52. The van der Waals surface area contributed by atoms with Crippen LogP contribution in [0.3, 0.4) is 0 Å². The first-order chi connectivity index (χ1) is 7.44. The molecule has 0 fully saturated rings. The number of halogens is 1. The maximum absolute atomic E-state index is 9.27. The highest BCUT2D eigenvalue weighted by molar-refractivity contribution is 6.32. The minimum atomic E-state index is -0.112. The van der Waals surface area contributed by atoms with Gasteiger partial charge in [-0.2, -0.15) is 0 Å². The standard InChI is InChI=1S/C12H18ClNO2/c1-12(2,5-6-15)14-8-9-3-4-11(16)10(13)7-9/h3-4,7,14-16H,5-6,8H2,1-2H3. The lowest BCUT2D eigenvalue weighted by atomic mass is 10.0. The lowest BCUT2D eigenvalue weighted by Crippen LogP contribution is -2.39. The van der Waals surface area contributed by atoms with Crippen LogP contribution < -0.4 is 5.32 Å². The molecular weight excluding hydrogens is 226 g/mol. The number of aliphatic hydroxyl groups is 1. The Bertz CT molecular complexity index is 353. The third kappa shape index (κ3) is 4.00.